The number of hydrogen-bond donors (Lipinski definition) is 0. The summed E-state index contributed by atoms with van der Waals surface area (Å²) < 4.78 is 40.4. The van der Waals surface area contributed by atoms with Gasteiger partial charge in [0, 0.05) is 5.75 Å². The number of alkyl halides is 3. The number of nitrogens with zero attached hydrogens (tertiary/aromatic N) is 2. The summed E-state index contributed by atoms with van der Waals surface area (Å²) in [7, 11) is 0. The molecule has 0 aliphatic carbocycles. The van der Waals surface area contributed by atoms with E-state index in [1.165, 1.54) is 11.3 Å². The number of halogens is 3. The number of hydrogen-bond acceptors (Lipinski definition) is 4. The zero-order valence-corrected chi connectivity index (χ0v) is 15.3. The van der Waals surface area contributed by atoms with Gasteiger partial charge in [-0.1, -0.05) is 35.9 Å². The van der Waals surface area contributed by atoms with Crippen LogP contribution in [0, 0.1) is 18.3 Å². The zero-order valence-electron chi connectivity index (χ0n) is 13.7. The number of thiophene rings is 1. The van der Waals surface area contributed by atoms with Crippen LogP contribution in [0.4, 0.5) is 13.2 Å². The first kappa shape index (κ1) is 18.5. The number of thioether (sulfide) groups is 1. The monoisotopic (exact) mass is 390 g/mol. The van der Waals surface area contributed by atoms with E-state index in [0.717, 1.165) is 29.0 Å². The summed E-state index contributed by atoms with van der Waals surface area (Å²) >= 11 is 2.45. The van der Waals surface area contributed by atoms with Crippen LogP contribution in [0.25, 0.3) is 10.6 Å². The van der Waals surface area contributed by atoms with E-state index in [-0.39, 0.29) is 10.7 Å². The Morgan fingerprint density at radius 3 is 2.50 bits per heavy atom. The molecule has 26 heavy (non-hydrogen) atoms. The molecule has 0 unspecified atom stereocenters. The zero-order chi connectivity index (χ0) is 18.7. The highest BCUT2D eigenvalue weighted by Gasteiger charge is 2.36. The normalized spacial score (nSPS) is 11.3. The van der Waals surface area contributed by atoms with Crippen molar-refractivity contribution < 1.29 is 13.2 Å². The smallest absolute Gasteiger partial charge is 0.239 e. The fourth-order valence-electron chi connectivity index (χ4n) is 2.34. The average molecular weight is 390 g/mol. The highest BCUT2D eigenvalue weighted by Crippen LogP contribution is 2.39. The lowest BCUT2D eigenvalue weighted by atomic mass is 10.1. The molecule has 0 aliphatic rings. The van der Waals surface area contributed by atoms with Crippen LogP contribution in [0.5, 0.6) is 0 Å². The Balaban J connectivity index is 2.03. The molecule has 0 radical (unpaired) electrons. The van der Waals surface area contributed by atoms with Crippen LogP contribution in [-0.4, -0.2) is 4.98 Å². The first-order chi connectivity index (χ1) is 12.4. The highest BCUT2D eigenvalue weighted by atomic mass is 32.2. The van der Waals surface area contributed by atoms with Crippen molar-refractivity contribution in [2.45, 2.75) is 23.9 Å². The maximum absolute atomic E-state index is 13.5. The van der Waals surface area contributed by atoms with Crippen molar-refractivity contribution in [2.24, 2.45) is 0 Å². The van der Waals surface area contributed by atoms with Gasteiger partial charge in [0.15, 0.2) is 0 Å². The first-order valence-electron chi connectivity index (χ1n) is 7.63. The first-order valence-corrected chi connectivity index (χ1v) is 9.49. The van der Waals surface area contributed by atoms with Crippen molar-refractivity contribution in [3.63, 3.8) is 0 Å². The molecule has 0 N–H and O–H groups in total. The summed E-state index contributed by atoms with van der Waals surface area (Å²) in [6, 6.07) is 13.8. The van der Waals surface area contributed by atoms with E-state index >= 15 is 0 Å². The minimum absolute atomic E-state index is 0.103. The van der Waals surface area contributed by atoms with Gasteiger partial charge in [-0.3, -0.25) is 0 Å². The molecule has 2 nitrogen and oxygen atoms in total. The number of aromatic nitrogens is 1. The molecular formula is C19H13F3N2S2. The van der Waals surface area contributed by atoms with E-state index in [4.69, 9.17) is 0 Å². The van der Waals surface area contributed by atoms with Gasteiger partial charge in [0.25, 0.3) is 0 Å². The van der Waals surface area contributed by atoms with Crippen LogP contribution in [0.2, 0.25) is 0 Å². The fourth-order valence-corrected chi connectivity index (χ4v) is 3.99. The fraction of sp³-hybridized carbons (Fsp3) is 0.158. The van der Waals surface area contributed by atoms with Crippen LogP contribution in [-0.2, 0) is 11.9 Å². The molecule has 0 atom stereocenters. The molecule has 0 spiro atoms. The van der Waals surface area contributed by atoms with Gasteiger partial charge < -0.3 is 0 Å². The highest BCUT2D eigenvalue weighted by molar-refractivity contribution is 7.98. The topological polar surface area (TPSA) is 36.7 Å². The molecule has 3 rings (SSSR count). The van der Waals surface area contributed by atoms with Crippen molar-refractivity contribution in [3.8, 4) is 16.6 Å². The van der Waals surface area contributed by atoms with Crippen molar-refractivity contribution in [1.82, 2.24) is 4.98 Å². The van der Waals surface area contributed by atoms with Gasteiger partial charge in [0.1, 0.15) is 11.1 Å². The summed E-state index contributed by atoms with van der Waals surface area (Å²) in [6.45, 7) is 1.96. The lowest BCUT2D eigenvalue weighted by Gasteiger charge is -2.13. The van der Waals surface area contributed by atoms with E-state index in [0.29, 0.717) is 10.6 Å². The predicted molar refractivity (Wildman–Crippen MR) is 98.0 cm³/mol. The molecule has 0 fully saturated rings. The molecule has 2 aromatic heterocycles. The molecule has 0 saturated heterocycles. The van der Waals surface area contributed by atoms with Crippen LogP contribution >= 0.6 is 23.1 Å². The molecular weight excluding hydrogens is 377 g/mol. The Morgan fingerprint density at radius 1 is 1.19 bits per heavy atom. The molecule has 3 aromatic rings. The van der Waals surface area contributed by atoms with E-state index in [2.05, 4.69) is 4.98 Å². The lowest BCUT2D eigenvalue weighted by Crippen LogP contribution is -2.10. The molecule has 0 saturated carbocycles. The van der Waals surface area contributed by atoms with Crippen LogP contribution in [0.1, 0.15) is 22.3 Å². The van der Waals surface area contributed by atoms with Gasteiger partial charge >= 0.3 is 6.18 Å². The molecule has 0 aliphatic heterocycles. The van der Waals surface area contributed by atoms with E-state index in [1.807, 2.05) is 31.2 Å². The Kier molecular flexibility index (Phi) is 5.35. The van der Waals surface area contributed by atoms with Crippen LogP contribution in [0.15, 0.2) is 52.9 Å². The molecule has 2 heterocycles. The molecule has 0 amide bonds. The predicted octanol–water partition coefficient (Wildman–Crippen LogP) is 6.30. The van der Waals surface area contributed by atoms with Gasteiger partial charge in [-0.15, -0.1) is 23.1 Å². The second kappa shape index (κ2) is 7.52. The molecule has 1 aromatic carbocycles. The lowest BCUT2D eigenvalue weighted by molar-refractivity contribution is -0.138. The van der Waals surface area contributed by atoms with E-state index in [1.54, 1.807) is 23.6 Å². The third kappa shape index (κ3) is 4.09. The third-order valence-electron chi connectivity index (χ3n) is 3.67. The van der Waals surface area contributed by atoms with Gasteiger partial charge in [0.2, 0.25) is 0 Å². The van der Waals surface area contributed by atoms with Gasteiger partial charge in [-0.05, 0) is 30.0 Å². The Morgan fingerprint density at radius 2 is 1.92 bits per heavy atom. The number of nitriles is 1. The quantitative estimate of drug-likeness (QED) is 0.491. The van der Waals surface area contributed by atoms with Crippen molar-refractivity contribution in [1.29, 1.82) is 5.26 Å². The van der Waals surface area contributed by atoms with E-state index in [9.17, 15) is 18.4 Å². The Bertz CT molecular complexity index is 941. The van der Waals surface area contributed by atoms with Crippen molar-refractivity contribution >= 4 is 23.1 Å². The second-order valence-electron chi connectivity index (χ2n) is 5.60. The number of pyridine rings is 1. The summed E-state index contributed by atoms with van der Waals surface area (Å²) in [5.74, 6) is 0.438. The summed E-state index contributed by atoms with van der Waals surface area (Å²) in [4.78, 5) is 4.98. The number of benzene rings is 1. The summed E-state index contributed by atoms with van der Waals surface area (Å²) in [5, 5.41) is 11.2. The molecule has 7 heteroatoms. The SMILES string of the molecule is Cc1ccc(CSc2nc(-c3cccs3)cc(C(F)(F)F)c2C#N)cc1. The molecule has 0 bridgehead atoms. The number of aryl methyl sites for hydroxylation is 1. The summed E-state index contributed by atoms with van der Waals surface area (Å²) in [5.41, 5.74) is 0.937. The van der Waals surface area contributed by atoms with Crippen molar-refractivity contribution in [3.05, 3.63) is 70.1 Å². The number of rotatable bonds is 4. The Labute approximate surface area is 157 Å². The maximum Gasteiger partial charge on any atom is 0.417 e. The van der Waals surface area contributed by atoms with E-state index < -0.39 is 17.3 Å². The van der Waals surface area contributed by atoms with Crippen LogP contribution < -0.4 is 0 Å². The molecule has 132 valence electrons. The largest absolute Gasteiger partial charge is 0.417 e. The van der Waals surface area contributed by atoms with Gasteiger partial charge in [-0.25, -0.2) is 4.98 Å². The standard InChI is InChI=1S/C19H13F3N2S2/c1-12-4-6-13(7-5-12)11-26-18-14(10-23)15(19(20,21)22)9-16(24-18)17-3-2-8-25-17/h2-9H,11H2,1H3. The van der Waals surface area contributed by atoms with Gasteiger partial charge in [-0.2, -0.15) is 18.4 Å². The van der Waals surface area contributed by atoms with Gasteiger partial charge in [0.05, 0.1) is 21.7 Å². The third-order valence-corrected chi connectivity index (χ3v) is 5.61. The van der Waals surface area contributed by atoms with Crippen LogP contribution in [0.3, 0.4) is 0 Å². The summed E-state index contributed by atoms with van der Waals surface area (Å²) in [6.07, 6.45) is -4.61. The Hall–Kier alpha value is -2.30. The van der Waals surface area contributed by atoms with Crippen molar-refractivity contribution in [2.75, 3.05) is 0 Å². The minimum atomic E-state index is -4.61. The maximum atomic E-state index is 13.5. The second-order valence-corrected chi connectivity index (χ2v) is 7.51. The average Bonchev–Trinajstić information content (AvgIpc) is 3.14. The minimum Gasteiger partial charge on any atom is -0.239 e.